The van der Waals surface area contributed by atoms with E-state index >= 15 is 0 Å². The fourth-order valence-electron chi connectivity index (χ4n) is 2.62. The van der Waals surface area contributed by atoms with Crippen LogP contribution in [0, 0.1) is 0 Å². The predicted octanol–water partition coefficient (Wildman–Crippen LogP) is 5.10. The lowest BCUT2D eigenvalue weighted by atomic mass is 10.1. The van der Waals surface area contributed by atoms with Gasteiger partial charge in [-0.3, -0.25) is 0 Å². The Labute approximate surface area is 155 Å². The van der Waals surface area contributed by atoms with Crippen molar-refractivity contribution in [2.45, 2.75) is 13.3 Å². The molecule has 0 radical (unpaired) electrons. The molecule has 0 saturated carbocycles. The summed E-state index contributed by atoms with van der Waals surface area (Å²) in [5.41, 5.74) is 3.78. The quantitative estimate of drug-likeness (QED) is 0.494. The Morgan fingerprint density at radius 3 is 2.54 bits per heavy atom. The fourth-order valence-corrected chi connectivity index (χ4v) is 3.37. The van der Waals surface area contributed by atoms with Gasteiger partial charge in [-0.15, -0.1) is 11.3 Å². The summed E-state index contributed by atoms with van der Waals surface area (Å²) < 4.78 is 10.6. The van der Waals surface area contributed by atoms with Crippen LogP contribution in [0.15, 0.2) is 58.4 Å². The molecule has 0 N–H and O–H groups in total. The van der Waals surface area contributed by atoms with E-state index in [0.29, 0.717) is 11.7 Å². The van der Waals surface area contributed by atoms with E-state index in [1.807, 2.05) is 48.5 Å². The Hall–Kier alpha value is -2.99. The van der Waals surface area contributed by atoms with Crippen LogP contribution in [0.4, 0.5) is 0 Å². The van der Waals surface area contributed by atoms with Crippen LogP contribution in [0.3, 0.4) is 0 Å². The molecule has 0 saturated heterocycles. The molecule has 2 aromatic carbocycles. The first kappa shape index (κ1) is 16.5. The molecule has 0 bridgehead atoms. The van der Waals surface area contributed by atoms with E-state index in [1.54, 1.807) is 18.4 Å². The van der Waals surface area contributed by atoms with Crippen LogP contribution >= 0.6 is 11.3 Å². The minimum atomic E-state index is 0.481. The summed E-state index contributed by atoms with van der Waals surface area (Å²) in [4.78, 5) is 9.17. The molecule has 4 rings (SSSR count). The van der Waals surface area contributed by atoms with E-state index in [9.17, 15) is 0 Å². The number of thiazole rings is 1. The molecule has 0 unspecified atom stereocenters. The third-order valence-electron chi connectivity index (χ3n) is 4.03. The van der Waals surface area contributed by atoms with Gasteiger partial charge in [0.1, 0.15) is 5.75 Å². The maximum absolute atomic E-state index is 5.43. The van der Waals surface area contributed by atoms with Crippen molar-refractivity contribution in [3.63, 3.8) is 0 Å². The number of hydrogen-bond acceptors (Lipinski definition) is 6. The summed E-state index contributed by atoms with van der Waals surface area (Å²) in [6.45, 7) is 2.11. The average molecular weight is 363 g/mol. The zero-order chi connectivity index (χ0) is 17.9. The van der Waals surface area contributed by atoms with Crippen LogP contribution in [0.2, 0.25) is 0 Å². The highest BCUT2D eigenvalue weighted by Gasteiger charge is 2.12. The van der Waals surface area contributed by atoms with Gasteiger partial charge in [0.15, 0.2) is 0 Å². The molecule has 2 heterocycles. The smallest absolute Gasteiger partial charge is 0.258 e. The number of aromatic nitrogens is 3. The zero-order valence-electron chi connectivity index (χ0n) is 14.5. The lowest BCUT2D eigenvalue weighted by Gasteiger charge is -2.00. The van der Waals surface area contributed by atoms with Gasteiger partial charge in [0.25, 0.3) is 5.89 Å². The van der Waals surface area contributed by atoms with Crippen molar-refractivity contribution in [2.24, 2.45) is 0 Å². The van der Waals surface area contributed by atoms with Gasteiger partial charge in [0.2, 0.25) is 5.82 Å². The van der Waals surface area contributed by atoms with E-state index in [2.05, 4.69) is 27.4 Å². The Bertz CT molecular complexity index is 1020. The second-order valence-electron chi connectivity index (χ2n) is 5.71. The molecule has 5 nitrogen and oxygen atoms in total. The van der Waals surface area contributed by atoms with Crippen molar-refractivity contribution >= 4 is 11.3 Å². The maximum atomic E-state index is 5.43. The molecule has 0 amide bonds. The minimum absolute atomic E-state index is 0.481. The van der Waals surface area contributed by atoms with Gasteiger partial charge in [-0.1, -0.05) is 30.3 Å². The van der Waals surface area contributed by atoms with Crippen LogP contribution in [-0.2, 0) is 6.42 Å². The Kier molecular flexibility index (Phi) is 4.50. The predicted molar refractivity (Wildman–Crippen MR) is 102 cm³/mol. The molecule has 0 spiro atoms. The molecule has 0 aliphatic heterocycles. The monoisotopic (exact) mass is 363 g/mol. The molecular weight excluding hydrogens is 346 g/mol. The Morgan fingerprint density at radius 1 is 1.00 bits per heavy atom. The number of aryl methyl sites for hydroxylation is 1. The van der Waals surface area contributed by atoms with Gasteiger partial charge in [-0.25, -0.2) is 4.98 Å². The summed E-state index contributed by atoms with van der Waals surface area (Å²) in [5.74, 6) is 1.83. The highest BCUT2D eigenvalue weighted by atomic mass is 32.1. The molecule has 2 aromatic heterocycles. The first-order chi connectivity index (χ1) is 12.8. The Balaban J connectivity index is 1.63. The minimum Gasteiger partial charge on any atom is -0.497 e. The molecule has 0 atom stereocenters. The fraction of sp³-hybridized carbons (Fsp3) is 0.150. The molecule has 26 heavy (non-hydrogen) atoms. The molecular formula is C20H17N3O2S. The summed E-state index contributed by atoms with van der Waals surface area (Å²) in [6, 6.07) is 15.6. The lowest BCUT2D eigenvalue weighted by Crippen LogP contribution is -1.85. The van der Waals surface area contributed by atoms with Crippen molar-refractivity contribution in [1.29, 1.82) is 0 Å². The second-order valence-corrected chi connectivity index (χ2v) is 6.66. The highest BCUT2D eigenvalue weighted by molar-refractivity contribution is 7.09. The van der Waals surface area contributed by atoms with Gasteiger partial charge in [-0.2, -0.15) is 4.98 Å². The van der Waals surface area contributed by atoms with Crippen molar-refractivity contribution in [1.82, 2.24) is 15.1 Å². The molecule has 0 aliphatic rings. The Morgan fingerprint density at radius 2 is 1.81 bits per heavy atom. The van der Waals surface area contributed by atoms with E-state index in [4.69, 9.17) is 9.26 Å². The third-order valence-corrected chi connectivity index (χ3v) is 5.03. The van der Waals surface area contributed by atoms with Crippen LogP contribution in [-0.4, -0.2) is 22.2 Å². The van der Waals surface area contributed by atoms with Crippen molar-refractivity contribution < 1.29 is 9.26 Å². The summed E-state index contributed by atoms with van der Waals surface area (Å²) in [7, 11) is 1.64. The van der Waals surface area contributed by atoms with E-state index in [0.717, 1.165) is 39.6 Å². The van der Waals surface area contributed by atoms with Crippen LogP contribution in [0.1, 0.15) is 11.9 Å². The van der Waals surface area contributed by atoms with E-state index in [-0.39, 0.29) is 0 Å². The van der Waals surface area contributed by atoms with Crippen molar-refractivity contribution in [2.75, 3.05) is 7.11 Å². The van der Waals surface area contributed by atoms with Crippen molar-refractivity contribution in [3.8, 4) is 39.8 Å². The topological polar surface area (TPSA) is 61.0 Å². The summed E-state index contributed by atoms with van der Waals surface area (Å²) in [6.07, 6.45) is 0.945. The third kappa shape index (κ3) is 3.23. The van der Waals surface area contributed by atoms with Crippen LogP contribution < -0.4 is 4.74 Å². The number of benzene rings is 2. The zero-order valence-corrected chi connectivity index (χ0v) is 15.3. The second kappa shape index (κ2) is 7.09. The molecule has 130 valence electrons. The number of rotatable bonds is 5. The highest BCUT2D eigenvalue weighted by Crippen LogP contribution is 2.28. The van der Waals surface area contributed by atoms with Gasteiger partial charge < -0.3 is 9.26 Å². The van der Waals surface area contributed by atoms with Gasteiger partial charge in [0.05, 0.1) is 17.8 Å². The lowest BCUT2D eigenvalue weighted by molar-refractivity contribution is 0.414. The van der Waals surface area contributed by atoms with Gasteiger partial charge in [0, 0.05) is 22.1 Å². The van der Waals surface area contributed by atoms with E-state index in [1.165, 1.54) is 0 Å². The van der Waals surface area contributed by atoms with Crippen LogP contribution in [0.25, 0.3) is 34.1 Å². The first-order valence-corrected chi connectivity index (χ1v) is 9.18. The van der Waals surface area contributed by atoms with Gasteiger partial charge >= 0.3 is 0 Å². The number of ether oxygens (including phenoxy) is 1. The number of methoxy groups -OCH3 is 1. The largest absolute Gasteiger partial charge is 0.497 e. The maximum Gasteiger partial charge on any atom is 0.258 e. The number of nitrogens with zero attached hydrogens (tertiary/aromatic N) is 3. The van der Waals surface area contributed by atoms with Crippen molar-refractivity contribution in [3.05, 3.63) is 58.9 Å². The first-order valence-electron chi connectivity index (χ1n) is 8.30. The molecule has 0 fully saturated rings. The SMILES string of the molecule is CCc1nc(-c2cccc(-c3noc(-c4ccc(OC)cc4)n3)c2)cs1. The average Bonchev–Trinajstić information content (AvgIpc) is 3.38. The van der Waals surface area contributed by atoms with Gasteiger partial charge in [-0.05, 0) is 36.8 Å². The molecule has 6 heteroatoms. The van der Waals surface area contributed by atoms with E-state index < -0.39 is 0 Å². The standard InChI is InChI=1S/C20H17N3O2S/c1-3-18-21-17(12-26-18)14-5-4-6-15(11-14)19-22-20(25-23-19)13-7-9-16(24-2)10-8-13/h4-12H,3H2,1-2H3. The van der Waals surface area contributed by atoms with Crippen LogP contribution in [0.5, 0.6) is 5.75 Å². The normalized spacial score (nSPS) is 10.8. The summed E-state index contributed by atoms with van der Waals surface area (Å²) in [5, 5.41) is 7.34. The summed E-state index contributed by atoms with van der Waals surface area (Å²) >= 11 is 1.68. The molecule has 4 aromatic rings. The molecule has 0 aliphatic carbocycles. The number of hydrogen-bond donors (Lipinski definition) is 0.